The van der Waals surface area contributed by atoms with E-state index < -0.39 is 12.0 Å². The van der Waals surface area contributed by atoms with Gasteiger partial charge in [-0.25, -0.2) is 4.98 Å². The first-order valence-electron chi connectivity index (χ1n) is 8.85. The number of Topliss-reactive ketones (excluding diaryl/α,β-unsaturated/α-hetero) is 1. The van der Waals surface area contributed by atoms with E-state index in [-0.39, 0.29) is 17.1 Å². The summed E-state index contributed by atoms with van der Waals surface area (Å²) in [5, 5.41) is 9.51. The van der Waals surface area contributed by atoms with Crippen molar-refractivity contribution < 1.29 is 13.9 Å². The molecule has 1 aromatic heterocycles. The molecule has 3 aromatic rings. The Morgan fingerprint density at radius 1 is 1.19 bits per heavy atom. The predicted octanol–water partition coefficient (Wildman–Crippen LogP) is 4.77. The van der Waals surface area contributed by atoms with Crippen LogP contribution < -0.4 is 4.74 Å². The molecule has 27 heavy (non-hydrogen) atoms. The zero-order chi connectivity index (χ0) is 19.6. The van der Waals surface area contributed by atoms with E-state index in [4.69, 9.17) is 9.15 Å². The highest BCUT2D eigenvalue weighted by Gasteiger charge is 2.31. The van der Waals surface area contributed by atoms with Crippen molar-refractivity contribution in [3.05, 3.63) is 60.0 Å². The van der Waals surface area contributed by atoms with E-state index in [1.165, 1.54) is 0 Å². The SMILES string of the molecule is C[C@@H](Oc1cccc(C(C)(C)C)c1)C(=O)[C@@H](C#N)c1nc2ccccc2o1. The Kier molecular flexibility index (Phi) is 5.00. The second kappa shape index (κ2) is 7.24. The first-order valence-corrected chi connectivity index (χ1v) is 8.85. The highest BCUT2D eigenvalue weighted by molar-refractivity contribution is 5.91. The number of ketones is 1. The number of hydrogen-bond donors (Lipinski definition) is 0. The average Bonchev–Trinajstić information content (AvgIpc) is 3.05. The molecule has 0 aliphatic carbocycles. The molecule has 0 saturated carbocycles. The van der Waals surface area contributed by atoms with E-state index in [0.717, 1.165) is 5.56 Å². The van der Waals surface area contributed by atoms with Crippen LogP contribution in [0.5, 0.6) is 5.75 Å². The van der Waals surface area contributed by atoms with Gasteiger partial charge in [-0.05, 0) is 42.2 Å². The van der Waals surface area contributed by atoms with Crippen molar-refractivity contribution in [2.45, 2.75) is 45.1 Å². The van der Waals surface area contributed by atoms with Crippen molar-refractivity contribution in [3.8, 4) is 11.8 Å². The van der Waals surface area contributed by atoms with Crippen LogP contribution in [0.3, 0.4) is 0 Å². The van der Waals surface area contributed by atoms with E-state index >= 15 is 0 Å². The molecule has 0 aliphatic heterocycles. The van der Waals surface area contributed by atoms with Gasteiger partial charge in [-0.2, -0.15) is 5.26 Å². The van der Waals surface area contributed by atoms with E-state index in [1.54, 1.807) is 25.1 Å². The minimum atomic E-state index is -1.11. The predicted molar refractivity (Wildman–Crippen MR) is 103 cm³/mol. The van der Waals surface area contributed by atoms with Gasteiger partial charge in [0.15, 0.2) is 23.4 Å². The minimum Gasteiger partial charge on any atom is -0.483 e. The van der Waals surface area contributed by atoms with E-state index in [0.29, 0.717) is 16.8 Å². The zero-order valence-corrected chi connectivity index (χ0v) is 15.9. The van der Waals surface area contributed by atoms with Crippen molar-refractivity contribution in [1.29, 1.82) is 5.26 Å². The fraction of sp³-hybridized carbons (Fsp3) is 0.318. The van der Waals surface area contributed by atoms with Crippen LogP contribution in [0.2, 0.25) is 0 Å². The summed E-state index contributed by atoms with van der Waals surface area (Å²) in [6, 6.07) is 16.8. The third-order valence-electron chi connectivity index (χ3n) is 4.38. The number of nitriles is 1. The molecule has 0 N–H and O–H groups in total. The molecule has 0 saturated heterocycles. The summed E-state index contributed by atoms with van der Waals surface area (Å²) in [5.74, 6) is -0.802. The number of rotatable bonds is 5. The van der Waals surface area contributed by atoms with Gasteiger partial charge in [0, 0.05) is 0 Å². The first-order chi connectivity index (χ1) is 12.8. The number of fused-ring (bicyclic) bond motifs is 1. The highest BCUT2D eigenvalue weighted by atomic mass is 16.5. The molecule has 0 amide bonds. The van der Waals surface area contributed by atoms with Gasteiger partial charge < -0.3 is 9.15 Å². The first kappa shape index (κ1) is 18.7. The van der Waals surface area contributed by atoms with Crippen molar-refractivity contribution in [3.63, 3.8) is 0 Å². The number of aromatic nitrogens is 1. The lowest BCUT2D eigenvalue weighted by atomic mass is 9.87. The third kappa shape index (κ3) is 4.01. The summed E-state index contributed by atoms with van der Waals surface area (Å²) in [5.41, 5.74) is 2.24. The van der Waals surface area contributed by atoms with Crippen LogP contribution in [0.1, 0.15) is 45.1 Å². The molecule has 0 bridgehead atoms. The van der Waals surface area contributed by atoms with Crippen LogP contribution in [-0.2, 0) is 10.2 Å². The molecule has 1 heterocycles. The molecule has 0 unspecified atom stereocenters. The van der Waals surface area contributed by atoms with Crippen LogP contribution in [0.4, 0.5) is 0 Å². The molecule has 0 fully saturated rings. The number of carbonyl (C=O) groups excluding carboxylic acids is 1. The summed E-state index contributed by atoms with van der Waals surface area (Å²) < 4.78 is 11.4. The van der Waals surface area contributed by atoms with Gasteiger partial charge in [0.2, 0.25) is 5.89 Å². The zero-order valence-electron chi connectivity index (χ0n) is 15.9. The lowest BCUT2D eigenvalue weighted by Crippen LogP contribution is -2.29. The molecule has 0 radical (unpaired) electrons. The van der Waals surface area contributed by atoms with Crippen LogP contribution in [-0.4, -0.2) is 16.9 Å². The van der Waals surface area contributed by atoms with E-state index in [1.807, 2.05) is 36.4 Å². The van der Waals surface area contributed by atoms with Crippen molar-refractivity contribution >= 4 is 16.9 Å². The smallest absolute Gasteiger partial charge is 0.220 e. The largest absolute Gasteiger partial charge is 0.483 e. The van der Waals surface area contributed by atoms with Crippen LogP contribution >= 0.6 is 0 Å². The molecule has 2 atom stereocenters. The molecule has 5 heteroatoms. The van der Waals surface area contributed by atoms with Gasteiger partial charge in [-0.1, -0.05) is 45.0 Å². The summed E-state index contributed by atoms with van der Waals surface area (Å²) in [4.78, 5) is 17.1. The maximum absolute atomic E-state index is 12.8. The van der Waals surface area contributed by atoms with E-state index in [2.05, 4.69) is 25.8 Å². The number of oxazole rings is 1. The number of benzene rings is 2. The van der Waals surface area contributed by atoms with Gasteiger partial charge in [-0.15, -0.1) is 0 Å². The summed E-state index contributed by atoms with van der Waals surface area (Å²) in [7, 11) is 0. The maximum Gasteiger partial charge on any atom is 0.220 e. The van der Waals surface area contributed by atoms with Crippen LogP contribution in [0.15, 0.2) is 52.9 Å². The molecule has 2 aromatic carbocycles. The summed E-state index contributed by atoms with van der Waals surface area (Å²) in [6.45, 7) is 7.97. The highest BCUT2D eigenvalue weighted by Crippen LogP contribution is 2.27. The monoisotopic (exact) mass is 362 g/mol. The topological polar surface area (TPSA) is 76.1 Å². The third-order valence-corrected chi connectivity index (χ3v) is 4.38. The number of para-hydroxylation sites is 2. The summed E-state index contributed by atoms with van der Waals surface area (Å²) in [6.07, 6.45) is -0.806. The Labute approximate surface area is 158 Å². The van der Waals surface area contributed by atoms with Gasteiger partial charge in [0.25, 0.3) is 0 Å². The molecule has 5 nitrogen and oxygen atoms in total. The summed E-state index contributed by atoms with van der Waals surface area (Å²) >= 11 is 0. The Morgan fingerprint density at radius 3 is 2.59 bits per heavy atom. The van der Waals surface area contributed by atoms with Gasteiger partial charge in [0.1, 0.15) is 11.3 Å². The Balaban J connectivity index is 1.80. The molecular weight excluding hydrogens is 340 g/mol. The molecule has 138 valence electrons. The molecule has 3 rings (SSSR count). The number of nitrogens with zero attached hydrogens (tertiary/aromatic N) is 2. The van der Waals surface area contributed by atoms with Gasteiger partial charge in [0.05, 0.1) is 6.07 Å². The normalized spacial score (nSPS) is 13.7. The number of hydrogen-bond acceptors (Lipinski definition) is 5. The number of ether oxygens (including phenoxy) is 1. The Morgan fingerprint density at radius 2 is 1.93 bits per heavy atom. The lowest BCUT2D eigenvalue weighted by Gasteiger charge is -2.21. The Hall–Kier alpha value is -3.13. The standard InChI is InChI=1S/C22H22N2O3/c1-14(26-16-9-7-8-15(12-16)22(2,3)4)20(25)17(13-23)21-24-18-10-5-6-11-19(18)27-21/h5-12,14,17H,1-4H3/t14-,17-/m1/s1. The fourth-order valence-electron chi connectivity index (χ4n) is 2.79. The quantitative estimate of drug-likeness (QED) is 0.653. The number of carbonyl (C=O) groups is 1. The second-order valence-electron chi connectivity index (χ2n) is 7.52. The van der Waals surface area contributed by atoms with Gasteiger partial charge in [-0.3, -0.25) is 4.79 Å². The van der Waals surface area contributed by atoms with Gasteiger partial charge >= 0.3 is 0 Å². The minimum absolute atomic E-state index is 0.0278. The lowest BCUT2D eigenvalue weighted by molar-refractivity contribution is -0.125. The van der Waals surface area contributed by atoms with Crippen molar-refractivity contribution in [2.24, 2.45) is 0 Å². The van der Waals surface area contributed by atoms with Crippen LogP contribution in [0.25, 0.3) is 11.1 Å². The maximum atomic E-state index is 12.8. The fourth-order valence-corrected chi connectivity index (χ4v) is 2.79. The van der Waals surface area contributed by atoms with Crippen molar-refractivity contribution in [1.82, 2.24) is 4.98 Å². The molecule has 0 aliphatic rings. The average molecular weight is 362 g/mol. The Bertz CT molecular complexity index is 975. The van der Waals surface area contributed by atoms with Crippen molar-refractivity contribution in [2.75, 3.05) is 0 Å². The second-order valence-corrected chi connectivity index (χ2v) is 7.52. The molecule has 0 spiro atoms. The van der Waals surface area contributed by atoms with E-state index in [9.17, 15) is 10.1 Å². The van der Waals surface area contributed by atoms with Crippen LogP contribution in [0, 0.1) is 11.3 Å². The molecular formula is C22H22N2O3.